The van der Waals surface area contributed by atoms with Gasteiger partial charge in [-0.2, -0.15) is 0 Å². The third kappa shape index (κ3) is 2.22. The molecular weight excluding hydrogens is 300 g/mol. The average molecular weight is 318 g/mol. The predicted octanol–water partition coefficient (Wildman–Crippen LogP) is 2.18. The van der Waals surface area contributed by atoms with Crippen molar-refractivity contribution in [3.8, 4) is 5.75 Å². The molecule has 3 aromatic rings. The first-order valence-electron chi connectivity index (χ1n) is 7.22. The Morgan fingerprint density at radius 2 is 1.91 bits per heavy atom. The van der Waals surface area contributed by atoms with Gasteiger partial charge < -0.3 is 23.8 Å². The van der Waals surface area contributed by atoms with E-state index in [-0.39, 0.29) is 5.58 Å². The number of rotatable bonds is 4. The van der Waals surface area contributed by atoms with Crippen molar-refractivity contribution in [2.75, 3.05) is 13.7 Å². The zero-order valence-electron chi connectivity index (χ0n) is 13.1. The second-order valence-electron chi connectivity index (χ2n) is 5.99. The van der Waals surface area contributed by atoms with Crippen LogP contribution >= 0.6 is 0 Å². The van der Waals surface area contributed by atoms with Crippen LogP contribution in [0.5, 0.6) is 5.75 Å². The second kappa shape index (κ2) is 5.40. The molecule has 0 fully saturated rings. The summed E-state index contributed by atoms with van der Waals surface area (Å²) in [5.74, 6) is 0.533. The highest BCUT2D eigenvalue weighted by Crippen LogP contribution is 2.44. The molecular formula is C17H18O6. The Bertz CT molecular complexity index is 918. The van der Waals surface area contributed by atoms with Crippen LogP contribution in [0.1, 0.15) is 19.4 Å². The summed E-state index contributed by atoms with van der Waals surface area (Å²) in [5, 5.41) is 20.9. The molecule has 0 aliphatic carbocycles. The van der Waals surface area contributed by atoms with Crippen molar-refractivity contribution in [1.29, 1.82) is 0 Å². The summed E-state index contributed by atoms with van der Waals surface area (Å²) in [7, 11) is 1.53. The van der Waals surface area contributed by atoms with E-state index in [9.17, 15) is 15.0 Å². The summed E-state index contributed by atoms with van der Waals surface area (Å²) in [6.45, 7) is 3.08. The standard InChI is InChI=1S/C17H18O6/c1-17(2,11(19)8-18)13-15-10(6-7-22-15)14(21-3)9-4-5-12(20)23-16(9)13/h4-7,11,18-19H,8H2,1-3H3. The van der Waals surface area contributed by atoms with Crippen LogP contribution < -0.4 is 10.4 Å². The van der Waals surface area contributed by atoms with E-state index in [0.717, 1.165) is 0 Å². The largest absolute Gasteiger partial charge is 0.495 e. The minimum atomic E-state index is -1.06. The second-order valence-corrected chi connectivity index (χ2v) is 5.99. The fraction of sp³-hybridized carbons (Fsp3) is 0.353. The number of aliphatic hydroxyl groups is 2. The van der Waals surface area contributed by atoms with E-state index in [4.69, 9.17) is 13.6 Å². The van der Waals surface area contributed by atoms with Crippen molar-refractivity contribution in [3.63, 3.8) is 0 Å². The van der Waals surface area contributed by atoms with Crippen LogP contribution in [0.4, 0.5) is 0 Å². The van der Waals surface area contributed by atoms with Gasteiger partial charge in [-0.05, 0) is 12.1 Å². The smallest absolute Gasteiger partial charge is 0.336 e. The van der Waals surface area contributed by atoms with Crippen molar-refractivity contribution in [1.82, 2.24) is 0 Å². The molecule has 1 unspecified atom stereocenters. The molecule has 2 aromatic heterocycles. The minimum Gasteiger partial charge on any atom is -0.495 e. The molecule has 0 aliphatic heterocycles. The third-order valence-electron chi connectivity index (χ3n) is 4.30. The van der Waals surface area contributed by atoms with E-state index in [1.807, 2.05) is 0 Å². The van der Waals surface area contributed by atoms with Crippen LogP contribution in [-0.4, -0.2) is 30.0 Å². The fourth-order valence-electron chi connectivity index (χ4n) is 2.91. The number of furan rings is 1. The summed E-state index contributed by atoms with van der Waals surface area (Å²) in [5.41, 5.74) is -0.156. The monoisotopic (exact) mass is 318 g/mol. The maximum absolute atomic E-state index is 11.7. The number of aliphatic hydroxyl groups excluding tert-OH is 2. The summed E-state index contributed by atoms with van der Waals surface area (Å²) < 4.78 is 16.5. The molecule has 0 amide bonds. The van der Waals surface area contributed by atoms with E-state index >= 15 is 0 Å². The van der Waals surface area contributed by atoms with Crippen LogP contribution in [0.25, 0.3) is 21.9 Å². The topological polar surface area (TPSA) is 93.0 Å². The normalized spacial score (nSPS) is 13.6. The van der Waals surface area contributed by atoms with Gasteiger partial charge in [0, 0.05) is 17.0 Å². The minimum absolute atomic E-state index is 0.286. The molecule has 6 heteroatoms. The van der Waals surface area contributed by atoms with Crippen molar-refractivity contribution in [2.24, 2.45) is 0 Å². The Hall–Kier alpha value is -2.31. The lowest BCUT2D eigenvalue weighted by Gasteiger charge is -2.30. The average Bonchev–Trinajstić information content (AvgIpc) is 2.99. The van der Waals surface area contributed by atoms with Gasteiger partial charge in [-0.3, -0.25) is 0 Å². The van der Waals surface area contributed by atoms with Gasteiger partial charge in [-0.25, -0.2) is 4.79 Å². The van der Waals surface area contributed by atoms with Crippen LogP contribution in [-0.2, 0) is 5.41 Å². The lowest BCUT2D eigenvalue weighted by atomic mass is 9.78. The van der Waals surface area contributed by atoms with Gasteiger partial charge in [0.1, 0.15) is 16.9 Å². The fourth-order valence-corrected chi connectivity index (χ4v) is 2.91. The van der Waals surface area contributed by atoms with E-state index in [0.29, 0.717) is 27.7 Å². The Morgan fingerprint density at radius 1 is 1.22 bits per heavy atom. The van der Waals surface area contributed by atoms with Crippen molar-refractivity contribution in [2.45, 2.75) is 25.4 Å². The van der Waals surface area contributed by atoms with Gasteiger partial charge >= 0.3 is 5.63 Å². The van der Waals surface area contributed by atoms with Gasteiger partial charge in [-0.1, -0.05) is 13.8 Å². The SMILES string of the molecule is COc1c2ccoc2c(C(C)(C)C(O)CO)c2oc(=O)ccc12. The first-order valence-corrected chi connectivity index (χ1v) is 7.22. The number of hydrogen-bond acceptors (Lipinski definition) is 6. The maximum Gasteiger partial charge on any atom is 0.336 e. The highest BCUT2D eigenvalue weighted by atomic mass is 16.5. The van der Waals surface area contributed by atoms with Crippen LogP contribution in [0.2, 0.25) is 0 Å². The van der Waals surface area contributed by atoms with Crippen LogP contribution in [0, 0.1) is 0 Å². The lowest BCUT2D eigenvalue weighted by molar-refractivity contribution is 0.0415. The van der Waals surface area contributed by atoms with E-state index in [1.165, 1.54) is 19.4 Å². The zero-order chi connectivity index (χ0) is 16.8. The van der Waals surface area contributed by atoms with Crippen LogP contribution in [0.15, 0.2) is 38.1 Å². The molecule has 0 spiro atoms. The number of benzene rings is 1. The molecule has 1 aromatic carbocycles. The van der Waals surface area contributed by atoms with Gasteiger partial charge in [-0.15, -0.1) is 0 Å². The first-order chi connectivity index (χ1) is 10.9. The summed E-state index contributed by atoms with van der Waals surface area (Å²) in [6, 6.07) is 4.69. The Labute approximate surface area is 131 Å². The summed E-state index contributed by atoms with van der Waals surface area (Å²) in [6.07, 6.45) is 0.452. The first kappa shape index (κ1) is 15.6. The molecule has 0 saturated carbocycles. The van der Waals surface area contributed by atoms with E-state index in [1.54, 1.807) is 26.0 Å². The Kier molecular flexibility index (Phi) is 3.66. The molecule has 0 aliphatic rings. The van der Waals surface area contributed by atoms with Gasteiger partial charge in [0.25, 0.3) is 0 Å². The number of methoxy groups -OCH3 is 1. The molecule has 1 atom stereocenters. The summed E-state index contributed by atoms with van der Waals surface area (Å²) >= 11 is 0. The summed E-state index contributed by atoms with van der Waals surface area (Å²) in [4.78, 5) is 11.7. The molecule has 2 N–H and O–H groups in total. The molecule has 0 saturated heterocycles. The molecule has 6 nitrogen and oxygen atoms in total. The van der Waals surface area contributed by atoms with E-state index < -0.39 is 23.8 Å². The maximum atomic E-state index is 11.7. The molecule has 0 bridgehead atoms. The molecule has 2 heterocycles. The molecule has 0 radical (unpaired) electrons. The Balaban J connectivity index is 2.54. The van der Waals surface area contributed by atoms with Crippen LogP contribution in [0.3, 0.4) is 0 Å². The van der Waals surface area contributed by atoms with Gasteiger partial charge in [0.15, 0.2) is 0 Å². The third-order valence-corrected chi connectivity index (χ3v) is 4.30. The van der Waals surface area contributed by atoms with Crippen molar-refractivity contribution in [3.05, 3.63) is 40.4 Å². The molecule has 3 rings (SSSR count). The van der Waals surface area contributed by atoms with Gasteiger partial charge in [0.05, 0.1) is 36.9 Å². The predicted molar refractivity (Wildman–Crippen MR) is 84.9 cm³/mol. The zero-order valence-corrected chi connectivity index (χ0v) is 13.1. The Morgan fingerprint density at radius 3 is 2.57 bits per heavy atom. The number of fused-ring (bicyclic) bond motifs is 2. The lowest BCUT2D eigenvalue weighted by Crippen LogP contribution is -2.36. The molecule has 122 valence electrons. The number of ether oxygens (including phenoxy) is 1. The van der Waals surface area contributed by atoms with E-state index in [2.05, 4.69) is 0 Å². The number of hydrogen-bond donors (Lipinski definition) is 2. The highest BCUT2D eigenvalue weighted by Gasteiger charge is 2.36. The van der Waals surface area contributed by atoms with Gasteiger partial charge in [0.2, 0.25) is 0 Å². The van der Waals surface area contributed by atoms with Crippen molar-refractivity contribution < 1.29 is 23.8 Å². The highest BCUT2D eigenvalue weighted by molar-refractivity contribution is 6.05. The molecule has 23 heavy (non-hydrogen) atoms. The van der Waals surface area contributed by atoms with Crippen molar-refractivity contribution >= 4 is 21.9 Å². The quantitative estimate of drug-likeness (QED) is 0.716.